The van der Waals surface area contributed by atoms with E-state index in [9.17, 15) is 4.79 Å². The fourth-order valence-electron chi connectivity index (χ4n) is 3.47. The topological polar surface area (TPSA) is 68.6 Å². The predicted molar refractivity (Wildman–Crippen MR) is 131 cm³/mol. The highest BCUT2D eigenvalue weighted by Crippen LogP contribution is 2.36. The van der Waals surface area contributed by atoms with Crippen molar-refractivity contribution in [1.82, 2.24) is 14.7 Å². The van der Waals surface area contributed by atoms with Gasteiger partial charge in [0.05, 0.1) is 6.20 Å². The minimum absolute atomic E-state index is 0.0807. The number of nitrogens with zero attached hydrogens (tertiary/aromatic N) is 3. The highest BCUT2D eigenvalue weighted by atomic mass is 28.4. The Bertz CT molecular complexity index is 920. The monoisotopic (exact) mass is 458 g/mol. The van der Waals surface area contributed by atoms with Gasteiger partial charge in [-0.1, -0.05) is 20.8 Å². The van der Waals surface area contributed by atoms with Gasteiger partial charge in [-0.2, -0.15) is 5.10 Å². The fourth-order valence-corrected chi connectivity index (χ4v) is 4.50. The minimum Gasteiger partial charge on any atom is -0.492 e. The molecule has 0 fully saturated rings. The molecule has 32 heavy (non-hydrogen) atoms. The van der Waals surface area contributed by atoms with Gasteiger partial charge < -0.3 is 14.5 Å². The highest BCUT2D eigenvalue weighted by molar-refractivity contribution is 6.74. The van der Waals surface area contributed by atoms with Gasteiger partial charge in [0.15, 0.2) is 8.32 Å². The van der Waals surface area contributed by atoms with E-state index >= 15 is 0 Å². The maximum atomic E-state index is 11.6. The first kappa shape index (κ1) is 24.5. The van der Waals surface area contributed by atoms with Gasteiger partial charge in [0, 0.05) is 57.2 Å². The molecule has 0 aliphatic carbocycles. The summed E-state index contributed by atoms with van der Waals surface area (Å²) in [5, 5.41) is 7.42. The van der Waals surface area contributed by atoms with Crippen LogP contribution in [0.5, 0.6) is 5.75 Å². The largest absolute Gasteiger partial charge is 0.492 e. The number of hydrogen-bond donors (Lipinski definition) is 1. The number of ether oxygens (including phenoxy) is 1. The van der Waals surface area contributed by atoms with E-state index in [1.807, 2.05) is 36.1 Å². The summed E-state index contributed by atoms with van der Waals surface area (Å²) >= 11 is 0. The number of rotatable bonds is 10. The van der Waals surface area contributed by atoms with Crippen molar-refractivity contribution in [2.75, 3.05) is 31.6 Å². The Kier molecular flexibility index (Phi) is 7.79. The maximum Gasteiger partial charge on any atom is 0.224 e. The molecule has 2 heterocycles. The average Bonchev–Trinajstić information content (AvgIpc) is 3.11. The van der Waals surface area contributed by atoms with Gasteiger partial charge in [0.1, 0.15) is 12.4 Å². The maximum absolute atomic E-state index is 11.6. The predicted octanol–water partition coefficient (Wildman–Crippen LogP) is 4.21. The SMILES string of the molecule is Cn1cc(CN(CCOc2ccc3c(c2)CCC(=O)N3)CCO[Si](C)(C)C(C)(C)C)cn1. The molecule has 0 saturated carbocycles. The van der Waals surface area contributed by atoms with Gasteiger partial charge >= 0.3 is 0 Å². The molecule has 1 N–H and O–H groups in total. The van der Waals surface area contributed by atoms with Crippen molar-refractivity contribution in [3.8, 4) is 5.75 Å². The number of carbonyl (C=O) groups is 1. The van der Waals surface area contributed by atoms with Gasteiger partial charge in [0.2, 0.25) is 5.91 Å². The van der Waals surface area contributed by atoms with E-state index in [2.05, 4.69) is 55.4 Å². The van der Waals surface area contributed by atoms with Crippen LogP contribution < -0.4 is 10.1 Å². The molecule has 1 aliphatic rings. The number of anilines is 1. The first-order valence-corrected chi connectivity index (χ1v) is 14.3. The van der Waals surface area contributed by atoms with Crippen molar-refractivity contribution in [2.24, 2.45) is 7.05 Å². The number of amides is 1. The van der Waals surface area contributed by atoms with Crippen molar-refractivity contribution < 1.29 is 14.0 Å². The molecular weight excluding hydrogens is 420 g/mol. The Balaban J connectivity index is 1.55. The molecule has 8 heteroatoms. The molecule has 1 aromatic heterocycles. The van der Waals surface area contributed by atoms with Crippen LogP contribution >= 0.6 is 0 Å². The van der Waals surface area contributed by atoms with Crippen LogP contribution in [-0.4, -0.2) is 55.2 Å². The molecule has 2 aromatic rings. The quantitative estimate of drug-likeness (QED) is 0.540. The zero-order valence-electron chi connectivity index (χ0n) is 20.4. The van der Waals surface area contributed by atoms with Crippen molar-refractivity contribution >= 4 is 19.9 Å². The smallest absolute Gasteiger partial charge is 0.224 e. The lowest BCUT2D eigenvalue weighted by atomic mass is 10.0. The first-order valence-electron chi connectivity index (χ1n) is 11.4. The van der Waals surface area contributed by atoms with Crippen LogP contribution in [-0.2, 0) is 29.2 Å². The average molecular weight is 459 g/mol. The summed E-state index contributed by atoms with van der Waals surface area (Å²) in [6.45, 7) is 15.2. The summed E-state index contributed by atoms with van der Waals surface area (Å²) in [5.74, 6) is 0.927. The summed E-state index contributed by atoms with van der Waals surface area (Å²) in [6, 6.07) is 5.90. The number of benzene rings is 1. The Labute approximate surface area is 193 Å². The molecule has 0 radical (unpaired) electrons. The van der Waals surface area contributed by atoms with Crippen LogP contribution in [0.25, 0.3) is 0 Å². The van der Waals surface area contributed by atoms with Crippen LogP contribution in [0.3, 0.4) is 0 Å². The van der Waals surface area contributed by atoms with Crippen LogP contribution in [0.1, 0.15) is 38.3 Å². The lowest BCUT2D eigenvalue weighted by Crippen LogP contribution is -2.43. The van der Waals surface area contributed by atoms with Crippen molar-refractivity contribution in [3.05, 3.63) is 41.7 Å². The van der Waals surface area contributed by atoms with E-state index in [1.165, 1.54) is 5.56 Å². The number of aryl methyl sites for hydroxylation is 2. The Morgan fingerprint density at radius 3 is 2.62 bits per heavy atom. The fraction of sp³-hybridized carbons (Fsp3) is 0.583. The minimum atomic E-state index is -1.77. The van der Waals surface area contributed by atoms with Crippen LogP contribution in [0, 0.1) is 0 Å². The summed E-state index contributed by atoms with van der Waals surface area (Å²) in [5.41, 5.74) is 3.22. The van der Waals surface area contributed by atoms with Gasteiger partial charge in [-0.3, -0.25) is 14.4 Å². The lowest BCUT2D eigenvalue weighted by Gasteiger charge is -2.36. The zero-order chi connectivity index (χ0) is 23.4. The molecule has 1 aliphatic heterocycles. The van der Waals surface area contributed by atoms with Crippen molar-refractivity contribution in [1.29, 1.82) is 0 Å². The lowest BCUT2D eigenvalue weighted by molar-refractivity contribution is -0.116. The number of nitrogens with one attached hydrogen (secondary N) is 1. The third-order valence-corrected chi connectivity index (χ3v) is 11.0. The van der Waals surface area contributed by atoms with Crippen LogP contribution in [0.15, 0.2) is 30.6 Å². The number of fused-ring (bicyclic) bond motifs is 1. The van der Waals surface area contributed by atoms with E-state index in [4.69, 9.17) is 9.16 Å². The van der Waals surface area contributed by atoms with E-state index in [-0.39, 0.29) is 10.9 Å². The normalized spacial score (nSPS) is 14.4. The Morgan fingerprint density at radius 2 is 1.94 bits per heavy atom. The standard InChI is InChI=1S/C24H38N4O3Si/c1-24(2,3)32(5,6)31-14-12-28(18-19-16-25-27(4)17-19)11-13-30-21-8-9-22-20(15-21)7-10-23(29)26-22/h8-9,15-17H,7,10-14,18H2,1-6H3,(H,26,29). The molecular formula is C24H38N4O3Si. The second-order valence-corrected chi connectivity index (χ2v) is 14.9. The van der Waals surface area contributed by atoms with Crippen molar-refractivity contribution in [2.45, 2.75) is 58.3 Å². The van der Waals surface area contributed by atoms with Gasteiger partial charge in [-0.05, 0) is 48.3 Å². The zero-order valence-corrected chi connectivity index (χ0v) is 21.4. The molecule has 1 amide bonds. The first-order chi connectivity index (χ1) is 15.0. The van der Waals surface area contributed by atoms with E-state index in [0.717, 1.165) is 49.7 Å². The second-order valence-electron chi connectivity index (χ2n) is 10.1. The summed E-state index contributed by atoms with van der Waals surface area (Å²) in [4.78, 5) is 13.9. The van der Waals surface area contributed by atoms with E-state index < -0.39 is 8.32 Å². The van der Waals surface area contributed by atoms with Gasteiger partial charge in [-0.15, -0.1) is 0 Å². The molecule has 0 unspecified atom stereocenters. The number of hydrogen-bond acceptors (Lipinski definition) is 5. The molecule has 0 bridgehead atoms. The van der Waals surface area contributed by atoms with Crippen LogP contribution in [0.2, 0.25) is 18.1 Å². The van der Waals surface area contributed by atoms with Gasteiger partial charge in [-0.25, -0.2) is 0 Å². The molecule has 0 atom stereocenters. The third-order valence-electron chi connectivity index (χ3n) is 6.49. The summed E-state index contributed by atoms with van der Waals surface area (Å²) in [7, 11) is 0.174. The molecule has 3 rings (SSSR count). The molecule has 0 saturated heterocycles. The molecule has 1 aromatic carbocycles. The number of carbonyl (C=O) groups excluding carboxylic acids is 1. The van der Waals surface area contributed by atoms with Crippen LogP contribution in [0.4, 0.5) is 5.69 Å². The van der Waals surface area contributed by atoms with E-state index in [0.29, 0.717) is 13.0 Å². The van der Waals surface area contributed by atoms with Gasteiger partial charge in [0.25, 0.3) is 0 Å². The second kappa shape index (κ2) is 10.2. The van der Waals surface area contributed by atoms with E-state index in [1.54, 1.807) is 0 Å². The summed E-state index contributed by atoms with van der Waals surface area (Å²) in [6.07, 6.45) is 5.26. The Morgan fingerprint density at radius 1 is 1.19 bits per heavy atom. The third kappa shape index (κ3) is 6.67. The number of aromatic nitrogens is 2. The summed E-state index contributed by atoms with van der Waals surface area (Å²) < 4.78 is 14.3. The molecule has 0 spiro atoms. The molecule has 7 nitrogen and oxygen atoms in total. The Hall–Kier alpha value is -2.16. The molecule has 176 valence electrons. The highest BCUT2D eigenvalue weighted by Gasteiger charge is 2.37. The van der Waals surface area contributed by atoms with Crippen molar-refractivity contribution in [3.63, 3.8) is 0 Å².